The van der Waals surface area contributed by atoms with Crippen LogP contribution in [-0.4, -0.2) is 11.6 Å². The van der Waals surface area contributed by atoms with E-state index >= 15 is 0 Å². The Balaban J connectivity index is 0.000000132. The molecule has 1 aliphatic rings. The number of aromatic nitrogens is 1. The molecule has 0 fully saturated rings. The molecule has 0 atom stereocenters. The van der Waals surface area contributed by atoms with Crippen LogP contribution in [-0.2, 0) is 4.74 Å². The Morgan fingerprint density at radius 3 is 2.46 bits per heavy atom. The highest BCUT2D eigenvalue weighted by Gasteiger charge is 1.88. The Hall–Kier alpha value is -1.31. The minimum absolute atomic E-state index is 0.913. The molecule has 2 heteroatoms. The summed E-state index contributed by atoms with van der Waals surface area (Å²) in [6.45, 7) is 0.913. The van der Waals surface area contributed by atoms with E-state index in [0.717, 1.165) is 6.61 Å². The predicted molar refractivity (Wildman–Crippen MR) is 53.2 cm³/mol. The first-order chi connectivity index (χ1) is 6.50. The third-order valence-electron chi connectivity index (χ3n) is 1.64. The zero-order valence-corrected chi connectivity index (χ0v) is 7.73. The van der Waals surface area contributed by atoms with Crippen molar-refractivity contribution in [3.8, 4) is 0 Å². The lowest BCUT2D eigenvalue weighted by atomic mass is 10.2. The molecule has 0 saturated heterocycles. The van der Waals surface area contributed by atoms with E-state index in [1.165, 1.54) is 19.3 Å². The number of nitrogens with zero attached hydrogens (tertiary/aromatic N) is 1. The number of pyridine rings is 1. The normalized spacial score (nSPS) is 14.8. The van der Waals surface area contributed by atoms with Gasteiger partial charge < -0.3 is 4.74 Å². The van der Waals surface area contributed by atoms with Crippen LogP contribution >= 0.6 is 0 Å². The van der Waals surface area contributed by atoms with E-state index in [9.17, 15) is 0 Å². The number of rotatable bonds is 0. The van der Waals surface area contributed by atoms with Gasteiger partial charge in [-0.1, -0.05) is 6.07 Å². The summed E-state index contributed by atoms with van der Waals surface area (Å²) in [7, 11) is 0. The molecule has 0 aliphatic carbocycles. The van der Waals surface area contributed by atoms with Gasteiger partial charge >= 0.3 is 0 Å². The minimum Gasteiger partial charge on any atom is -0.502 e. The zero-order chi connectivity index (χ0) is 9.19. The van der Waals surface area contributed by atoms with Crippen molar-refractivity contribution in [2.24, 2.45) is 0 Å². The van der Waals surface area contributed by atoms with E-state index in [4.69, 9.17) is 4.74 Å². The van der Waals surface area contributed by atoms with Gasteiger partial charge in [-0.05, 0) is 37.5 Å². The molecule has 2 nitrogen and oxygen atoms in total. The largest absolute Gasteiger partial charge is 0.502 e. The number of hydrogen-bond donors (Lipinski definition) is 0. The number of allylic oxidation sites excluding steroid dienone is 1. The molecule has 0 radical (unpaired) electrons. The first-order valence-electron chi connectivity index (χ1n) is 4.62. The van der Waals surface area contributed by atoms with Gasteiger partial charge in [-0.15, -0.1) is 0 Å². The fourth-order valence-corrected chi connectivity index (χ4v) is 0.964. The van der Waals surface area contributed by atoms with Crippen LogP contribution in [0.25, 0.3) is 0 Å². The fourth-order valence-electron chi connectivity index (χ4n) is 0.964. The van der Waals surface area contributed by atoms with Crippen molar-refractivity contribution in [3.05, 3.63) is 42.9 Å². The van der Waals surface area contributed by atoms with Gasteiger partial charge in [0.05, 0.1) is 12.9 Å². The lowest BCUT2D eigenvalue weighted by Crippen LogP contribution is -1.81. The molecule has 0 N–H and O–H groups in total. The summed E-state index contributed by atoms with van der Waals surface area (Å²) in [6.07, 6.45) is 11.1. The maximum absolute atomic E-state index is 5.01. The summed E-state index contributed by atoms with van der Waals surface area (Å²) in [6, 6.07) is 5.72. The van der Waals surface area contributed by atoms with Crippen LogP contribution in [0, 0.1) is 0 Å². The summed E-state index contributed by atoms with van der Waals surface area (Å²) in [4.78, 5) is 3.78. The van der Waals surface area contributed by atoms with Crippen LogP contribution in [0.1, 0.15) is 19.3 Å². The zero-order valence-electron chi connectivity index (χ0n) is 7.73. The van der Waals surface area contributed by atoms with Crippen LogP contribution in [0.2, 0.25) is 0 Å². The SMILES string of the molecule is C1=COCCCC1.c1ccncc1. The van der Waals surface area contributed by atoms with Crippen LogP contribution in [0.15, 0.2) is 42.9 Å². The van der Waals surface area contributed by atoms with Gasteiger partial charge in [0.1, 0.15) is 0 Å². The smallest absolute Gasteiger partial charge is 0.0873 e. The summed E-state index contributed by atoms with van der Waals surface area (Å²) in [5, 5.41) is 0. The Morgan fingerprint density at radius 1 is 1.00 bits per heavy atom. The quantitative estimate of drug-likeness (QED) is 0.608. The molecular formula is C11H15NO. The summed E-state index contributed by atoms with van der Waals surface area (Å²) < 4.78 is 5.01. The highest BCUT2D eigenvalue weighted by Crippen LogP contribution is 2.01. The molecule has 0 aromatic carbocycles. The van der Waals surface area contributed by atoms with Crippen molar-refractivity contribution in [2.45, 2.75) is 19.3 Å². The molecule has 0 unspecified atom stereocenters. The molecule has 70 valence electrons. The molecule has 1 aliphatic heterocycles. The van der Waals surface area contributed by atoms with Crippen LogP contribution in [0.5, 0.6) is 0 Å². The highest BCUT2D eigenvalue weighted by molar-refractivity contribution is 4.88. The molecule has 0 amide bonds. The van der Waals surface area contributed by atoms with Gasteiger partial charge in [-0.3, -0.25) is 4.98 Å². The Labute approximate surface area is 79.3 Å². The average Bonchev–Trinajstić information content (AvgIpc) is 2.53. The van der Waals surface area contributed by atoms with Gasteiger partial charge in [0.25, 0.3) is 0 Å². The van der Waals surface area contributed by atoms with Crippen molar-refractivity contribution >= 4 is 0 Å². The first kappa shape index (κ1) is 9.78. The first-order valence-corrected chi connectivity index (χ1v) is 4.62. The van der Waals surface area contributed by atoms with Crippen LogP contribution < -0.4 is 0 Å². The molecule has 0 spiro atoms. The second kappa shape index (κ2) is 7.35. The number of ether oxygens (including phenoxy) is 1. The average molecular weight is 177 g/mol. The molecule has 0 bridgehead atoms. The van der Waals surface area contributed by atoms with E-state index in [-0.39, 0.29) is 0 Å². The van der Waals surface area contributed by atoms with Gasteiger partial charge in [0.2, 0.25) is 0 Å². The number of hydrogen-bond acceptors (Lipinski definition) is 2. The second-order valence-electron chi connectivity index (χ2n) is 2.76. The van der Waals surface area contributed by atoms with Crippen molar-refractivity contribution < 1.29 is 4.74 Å². The monoisotopic (exact) mass is 177 g/mol. The topological polar surface area (TPSA) is 22.1 Å². The standard InChI is InChI=1S/C6H10O.C5H5N/c1-2-4-6-7-5-3-1;1-2-4-6-5-3-1/h3,5H,1-2,4,6H2;1-5H. The molecule has 2 heterocycles. The van der Waals surface area contributed by atoms with Gasteiger partial charge in [0.15, 0.2) is 0 Å². The van der Waals surface area contributed by atoms with Gasteiger partial charge in [-0.2, -0.15) is 0 Å². The van der Waals surface area contributed by atoms with E-state index in [1.807, 2.05) is 18.2 Å². The summed E-state index contributed by atoms with van der Waals surface area (Å²) in [5.74, 6) is 0. The minimum atomic E-state index is 0.913. The Bertz CT molecular complexity index is 186. The molecule has 0 saturated carbocycles. The van der Waals surface area contributed by atoms with E-state index in [0.29, 0.717) is 0 Å². The lowest BCUT2D eigenvalue weighted by molar-refractivity contribution is 0.249. The molecule has 1 aromatic heterocycles. The van der Waals surface area contributed by atoms with Crippen molar-refractivity contribution in [1.29, 1.82) is 0 Å². The third kappa shape index (κ3) is 5.91. The van der Waals surface area contributed by atoms with Crippen molar-refractivity contribution in [1.82, 2.24) is 4.98 Å². The lowest BCUT2D eigenvalue weighted by Gasteiger charge is -1.91. The maximum Gasteiger partial charge on any atom is 0.0873 e. The van der Waals surface area contributed by atoms with Crippen LogP contribution in [0.4, 0.5) is 0 Å². The predicted octanol–water partition coefficient (Wildman–Crippen LogP) is 2.78. The summed E-state index contributed by atoms with van der Waals surface area (Å²) in [5.41, 5.74) is 0. The van der Waals surface area contributed by atoms with E-state index < -0.39 is 0 Å². The Kier molecular flexibility index (Phi) is 5.52. The molecular weight excluding hydrogens is 162 g/mol. The molecule has 1 aromatic rings. The second-order valence-corrected chi connectivity index (χ2v) is 2.76. The van der Waals surface area contributed by atoms with Crippen molar-refractivity contribution in [2.75, 3.05) is 6.61 Å². The highest BCUT2D eigenvalue weighted by atomic mass is 16.5. The molecule has 13 heavy (non-hydrogen) atoms. The Morgan fingerprint density at radius 2 is 1.85 bits per heavy atom. The maximum atomic E-state index is 5.01. The third-order valence-corrected chi connectivity index (χ3v) is 1.64. The summed E-state index contributed by atoms with van der Waals surface area (Å²) >= 11 is 0. The van der Waals surface area contributed by atoms with Gasteiger partial charge in [-0.25, -0.2) is 0 Å². The van der Waals surface area contributed by atoms with E-state index in [1.54, 1.807) is 18.7 Å². The fraction of sp³-hybridized carbons (Fsp3) is 0.364. The van der Waals surface area contributed by atoms with Crippen molar-refractivity contribution in [3.63, 3.8) is 0 Å². The van der Waals surface area contributed by atoms with Gasteiger partial charge in [0, 0.05) is 12.4 Å². The van der Waals surface area contributed by atoms with E-state index in [2.05, 4.69) is 11.1 Å². The van der Waals surface area contributed by atoms with Crippen LogP contribution in [0.3, 0.4) is 0 Å². The molecule has 2 rings (SSSR count).